The van der Waals surface area contributed by atoms with E-state index in [4.69, 9.17) is 10.5 Å². The van der Waals surface area contributed by atoms with E-state index in [2.05, 4.69) is 5.32 Å². The lowest BCUT2D eigenvalue weighted by Crippen LogP contribution is -2.39. The summed E-state index contributed by atoms with van der Waals surface area (Å²) in [6, 6.07) is 16.2. The Labute approximate surface area is 168 Å². The SMILES string of the molecule is CC(NCc1cc2ccc(Oc3ccccc3)cc2n(CCCO)c1=O)C(N)=O. The lowest BCUT2D eigenvalue weighted by atomic mass is 10.1. The number of primary amides is 1. The highest BCUT2D eigenvalue weighted by Crippen LogP contribution is 2.25. The summed E-state index contributed by atoms with van der Waals surface area (Å²) < 4.78 is 7.53. The molecule has 29 heavy (non-hydrogen) atoms. The number of hydrogen-bond donors (Lipinski definition) is 3. The van der Waals surface area contributed by atoms with Gasteiger partial charge in [-0.25, -0.2) is 0 Å². The van der Waals surface area contributed by atoms with Gasteiger partial charge in [0, 0.05) is 31.3 Å². The lowest BCUT2D eigenvalue weighted by molar-refractivity contribution is -0.119. The second-order valence-electron chi connectivity index (χ2n) is 6.84. The molecule has 0 radical (unpaired) electrons. The number of hydrogen-bond acceptors (Lipinski definition) is 5. The number of benzene rings is 2. The number of rotatable bonds is 9. The van der Waals surface area contributed by atoms with Crippen molar-refractivity contribution in [2.45, 2.75) is 32.5 Å². The molecule has 0 saturated heterocycles. The number of amides is 1. The quantitative estimate of drug-likeness (QED) is 0.515. The van der Waals surface area contributed by atoms with Crippen molar-refractivity contribution >= 4 is 16.8 Å². The summed E-state index contributed by atoms with van der Waals surface area (Å²) in [6.45, 7) is 2.23. The fourth-order valence-corrected chi connectivity index (χ4v) is 3.04. The Morgan fingerprint density at radius 3 is 2.62 bits per heavy atom. The van der Waals surface area contributed by atoms with Crippen molar-refractivity contribution in [3.8, 4) is 11.5 Å². The number of aryl methyl sites for hydroxylation is 1. The molecule has 0 aliphatic rings. The van der Waals surface area contributed by atoms with Crippen molar-refractivity contribution in [2.75, 3.05) is 6.61 Å². The van der Waals surface area contributed by atoms with Gasteiger partial charge in [0.05, 0.1) is 11.6 Å². The van der Waals surface area contributed by atoms with Gasteiger partial charge >= 0.3 is 0 Å². The summed E-state index contributed by atoms with van der Waals surface area (Å²) in [4.78, 5) is 24.3. The first kappa shape index (κ1) is 20.6. The van der Waals surface area contributed by atoms with Crippen LogP contribution in [0.3, 0.4) is 0 Å². The van der Waals surface area contributed by atoms with Crippen LogP contribution in [0.4, 0.5) is 0 Å². The highest BCUT2D eigenvalue weighted by Gasteiger charge is 2.13. The molecule has 3 aromatic rings. The van der Waals surface area contributed by atoms with E-state index in [0.29, 0.717) is 30.0 Å². The van der Waals surface area contributed by atoms with Gasteiger partial charge in [-0.3, -0.25) is 9.59 Å². The predicted octanol–water partition coefficient (Wildman–Crippen LogP) is 2.14. The third-order valence-corrected chi connectivity index (χ3v) is 4.69. The first-order valence-electron chi connectivity index (χ1n) is 9.52. The number of carbonyl (C=O) groups excluding carboxylic acids is 1. The molecule has 0 aliphatic heterocycles. The van der Waals surface area contributed by atoms with Crippen LogP contribution in [0.25, 0.3) is 10.9 Å². The topological polar surface area (TPSA) is 107 Å². The molecule has 152 valence electrons. The van der Waals surface area contributed by atoms with Gasteiger partial charge in [0.2, 0.25) is 5.91 Å². The molecule has 0 spiro atoms. The summed E-state index contributed by atoms with van der Waals surface area (Å²) in [5, 5.41) is 13.1. The van der Waals surface area contributed by atoms with E-state index in [1.165, 1.54) is 0 Å². The van der Waals surface area contributed by atoms with Gasteiger partial charge in [-0.2, -0.15) is 0 Å². The molecule has 1 aromatic heterocycles. The van der Waals surface area contributed by atoms with Crippen LogP contribution in [-0.2, 0) is 17.9 Å². The number of aliphatic hydroxyl groups is 1. The minimum atomic E-state index is -0.544. The lowest BCUT2D eigenvalue weighted by Gasteiger charge is -2.15. The average molecular weight is 395 g/mol. The zero-order valence-corrected chi connectivity index (χ0v) is 16.3. The van der Waals surface area contributed by atoms with Crippen LogP contribution in [-0.4, -0.2) is 28.2 Å². The van der Waals surface area contributed by atoms with Gasteiger partial charge in [-0.15, -0.1) is 0 Å². The summed E-state index contributed by atoms with van der Waals surface area (Å²) in [5.41, 5.74) is 6.36. The molecule has 3 rings (SSSR count). The third-order valence-electron chi connectivity index (χ3n) is 4.69. The maximum atomic E-state index is 13.0. The molecule has 7 heteroatoms. The number of aromatic nitrogens is 1. The van der Waals surface area contributed by atoms with Gasteiger partial charge < -0.3 is 25.5 Å². The number of fused-ring (bicyclic) bond motifs is 1. The molecule has 0 fully saturated rings. The Kier molecular flexibility index (Phi) is 6.64. The van der Waals surface area contributed by atoms with E-state index in [9.17, 15) is 14.7 Å². The number of nitrogens with zero attached hydrogens (tertiary/aromatic N) is 1. The van der Waals surface area contributed by atoms with Crippen molar-refractivity contribution in [3.05, 3.63) is 70.5 Å². The third kappa shape index (κ3) is 5.01. The van der Waals surface area contributed by atoms with Crippen molar-refractivity contribution in [1.29, 1.82) is 0 Å². The molecule has 0 aliphatic carbocycles. The highest BCUT2D eigenvalue weighted by atomic mass is 16.5. The minimum Gasteiger partial charge on any atom is -0.457 e. The van der Waals surface area contributed by atoms with E-state index in [1.54, 1.807) is 17.6 Å². The number of nitrogens with one attached hydrogen (secondary N) is 1. The number of ether oxygens (including phenoxy) is 1. The van der Waals surface area contributed by atoms with Gasteiger partial charge in [0.25, 0.3) is 5.56 Å². The molecule has 1 amide bonds. The van der Waals surface area contributed by atoms with Gasteiger partial charge in [0.15, 0.2) is 0 Å². The van der Waals surface area contributed by atoms with E-state index in [1.807, 2.05) is 48.5 Å². The molecular formula is C22H25N3O4. The Morgan fingerprint density at radius 1 is 1.17 bits per heavy atom. The fourth-order valence-electron chi connectivity index (χ4n) is 3.04. The van der Waals surface area contributed by atoms with E-state index < -0.39 is 11.9 Å². The van der Waals surface area contributed by atoms with Crippen LogP contribution in [0, 0.1) is 0 Å². The summed E-state index contributed by atoms with van der Waals surface area (Å²) >= 11 is 0. The predicted molar refractivity (Wildman–Crippen MR) is 112 cm³/mol. The number of carbonyl (C=O) groups is 1. The molecule has 1 heterocycles. The van der Waals surface area contributed by atoms with E-state index in [-0.39, 0.29) is 18.7 Å². The van der Waals surface area contributed by atoms with Crippen molar-refractivity contribution < 1.29 is 14.6 Å². The van der Waals surface area contributed by atoms with Crippen LogP contribution in [0.2, 0.25) is 0 Å². The van der Waals surface area contributed by atoms with E-state index in [0.717, 1.165) is 10.9 Å². The van der Waals surface area contributed by atoms with Crippen molar-refractivity contribution in [1.82, 2.24) is 9.88 Å². The Balaban J connectivity index is 1.99. The second kappa shape index (κ2) is 9.36. The van der Waals surface area contributed by atoms with E-state index >= 15 is 0 Å². The smallest absolute Gasteiger partial charge is 0.255 e. The molecule has 4 N–H and O–H groups in total. The molecule has 2 aromatic carbocycles. The highest BCUT2D eigenvalue weighted by molar-refractivity contribution is 5.81. The van der Waals surface area contributed by atoms with Gasteiger partial charge in [-0.1, -0.05) is 18.2 Å². The maximum Gasteiger partial charge on any atom is 0.255 e. The van der Waals surface area contributed by atoms with Crippen LogP contribution < -0.4 is 21.3 Å². The number of pyridine rings is 1. The Hall–Kier alpha value is -3.16. The first-order valence-corrected chi connectivity index (χ1v) is 9.52. The van der Waals surface area contributed by atoms with Crippen molar-refractivity contribution in [3.63, 3.8) is 0 Å². The molecule has 1 atom stereocenters. The maximum absolute atomic E-state index is 13.0. The molecule has 0 bridgehead atoms. The van der Waals surface area contributed by atoms with Crippen LogP contribution in [0.1, 0.15) is 18.9 Å². The van der Waals surface area contributed by atoms with Crippen LogP contribution in [0.5, 0.6) is 11.5 Å². The average Bonchev–Trinajstić information content (AvgIpc) is 2.72. The number of para-hydroxylation sites is 1. The van der Waals surface area contributed by atoms with Gasteiger partial charge in [0.1, 0.15) is 11.5 Å². The standard InChI is InChI=1S/C22H25N3O4/c1-15(21(23)27)24-14-17-12-16-8-9-19(29-18-6-3-2-4-7-18)13-20(16)25(22(17)28)10-5-11-26/h2-4,6-9,12-13,15,24,26H,5,10-11,14H2,1H3,(H2,23,27). The minimum absolute atomic E-state index is 0.0185. The first-order chi connectivity index (χ1) is 14.0. The number of aliphatic hydroxyl groups excluding tert-OH is 1. The molecule has 7 nitrogen and oxygen atoms in total. The normalized spacial score (nSPS) is 12.1. The molecule has 1 unspecified atom stereocenters. The Morgan fingerprint density at radius 2 is 1.93 bits per heavy atom. The zero-order valence-electron chi connectivity index (χ0n) is 16.3. The fraction of sp³-hybridized carbons (Fsp3) is 0.273. The number of nitrogens with two attached hydrogens (primary N) is 1. The monoisotopic (exact) mass is 395 g/mol. The molecular weight excluding hydrogens is 370 g/mol. The van der Waals surface area contributed by atoms with Crippen LogP contribution >= 0.6 is 0 Å². The summed E-state index contributed by atoms with van der Waals surface area (Å²) in [7, 11) is 0. The largest absolute Gasteiger partial charge is 0.457 e. The van der Waals surface area contributed by atoms with Gasteiger partial charge in [-0.05, 0) is 49.1 Å². The van der Waals surface area contributed by atoms with Crippen LogP contribution in [0.15, 0.2) is 59.4 Å². The zero-order chi connectivity index (χ0) is 20.8. The second-order valence-corrected chi connectivity index (χ2v) is 6.84. The molecule has 0 saturated carbocycles. The van der Waals surface area contributed by atoms with Crippen molar-refractivity contribution in [2.24, 2.45) is 5.73 Å². The summed E-state index contributed by atoms with van der Waals surface area (Å²) in [5.74, 6) is 0.848. The Bertz CT molecular complexity index is 1050. The summed E-state index contributed by atoms with van der Waals surface area (Å²) in [6.07, 6.45) is 0.452.